The van der Waals surface area contributed by atoms with Gasteiger partial charge in [-0.15, -0.1) is 0 Å². The molecule has 1 aromatic carbocycles. The number of likely N-dealkylation sites (tertiary alicyclic amines) is 2. The van der Waals surface area contributed by atoms with Gasteiger partial charge in [-0.3, -0.25) is 9.69 Å². The Hall–Kier alpha value is -1.44. The van der Waals surface area contributed by atoms with Gasteiger partial charge in [-0.05, 0) is 57.6 Å². The van der Waals surface area contributed by atoms with Gasteiger partial charge in [0.25, 0.3) is 0 Å². The van der Waals surface area contributed by atoms with Crippen molar-refractivity contribution in [1.29, 1.82) is 0 Å². The molecule has 2 bridgehead atoms. The maximum absolute atomic E-state index is 13.8. The van der Waals surface area contributed by atoms with E-state index in [-0.39, 0.29) is 35.7 Å². The molecular weight excluding hydrogens is 410 g/mol. The van der Waals surface area contributed by atoms with Crippen molar-refractivity contribution in [2.75, 3.05) is 25.9 Å². The molecular formula is C24H35N3O3S. The molecule has 1 aromatic rings. The number of sulfonamides is 1. The number of fused-ring (bicyclic) bond motifs is 1. The van der Waals surface area contributed by atoms with E-state index in [4.69, 9.17) is 0 Å². The normalized spacial score (nSPS) is 37.7. The Morgan fingerprint density at radius 1 is 1.10 bits per heavy atom. The summed E-state index contributed by atoms with van der Waals surface area (Å²) >= 11 is 0. The van der Waals surface area contributed by atoms with Crippen LogP contribution < -0.4 is 0 Å². The molecule has 1 amide bonds. The van der Waals surface area contributed by atoms with E-state index in [1.54, 1.807) is 0 Å². The minimum Gasteiger partial charge on any atom is -0.333 e. The highest BCUT2D eigenvalue weighted by atomic mass is 32.2. The summed E-state index contributed by atoms with van der Waals surface area (Å²) in [6, 6.07) is 11.6. The van der Waals surface area contributed by atoms with Gasteiger partial charge in [0.2, 0.25) is 15.9 Å². The number of piperidine rings is 1. The summed E-state index contributed by atoms with van der Waals surface area (Å²) in [7, 11) is -1.08. The van der Waals surface area contributed by atoms with Crippen LogP contribution >= 0.6 is 0 Å². The summed E-state index contributed by atoms with van der Waals surface area (Å²) in [5, 5.41) is 0. The van der Waals surface area contributed by atoms with E-state index in [0.29, 0.717) is 25.0 Å². The number of hydrogen-bond donors (Lipinski definition) is 0. The molecule has 1 aliphatic carbocycles. The quantitative estimate of drug-likeness (QED) is 0.715. The van der Waals surface area contributed by atoms with Crippen molar-refractivity contribution in [3.8, 4) is 0 Å². The molecule has 1 saturated carbocycles. The number of carbonyl (C=O) groups excluding carboxylic acids is 1. The number of rotatable bonds is 4. The van der Waals surface area contributed by atoms with Crippen LogP contribution in [0.2, 0.25) is 0 Å². The third-order valence-electron chi connectivity index (χ3n) is 8.62. The molecule has 4 fully saturated rings. The van der Waals surface area contributed by atoms with E-state index < -0.39 is 10.0 Å². The predicted octanol–water partition coefficient (Wildman–Crippen LogP) is 2.50. The van der Waals surface area contributed by atoms with Gasteiger partial charge in [0.1, 0.15) is 0 Å². The SMILES string of the molecule is CN1[C@H]2CCC[C@H]3N(C(=O)CN4CCCCS4(=O)=O)[C@H](Cc4ccccc4)[C@@H]1C[C@@]23C. The Labute approximate surface area is 186 Å². The standard InChI is InChI=1S/C24H35N3O3S/c1-24-16-20-19(15-18-9-4-3-5-10-18)27(22(24)12-8-11-21(24)25(20)2)23(28)17-26-13-6-7-14-31(26,29)30/h3-5,9-10,19-22H,6-8,11-17H2,1-2H3/t19-,20+,21+,22-,24+/m1/s1. The average Bonchev–Trinajstić information content (AvgIpc) is 3.01. The van der Waals surface area contributed by atoms with E-state index in [2.05, 4.69) is 48.0 Å². The van der Waals surface area contributed by atoms with E-state index in [1.807, 2.05) is 6.07 Å². The second-order valence-electron chi connectivity index (χ2n) is 10.3. The fourth-order valence-corrected chi connectivity index (χ4v) is 8.67. The molecule has 7 heteroatoms. The molecule has 0 spiro atoms. The van der Waals surface area contributed by atoms with Gasteiger partial charge < -0.3 is 4.90 Å². The number of benzene rings is 1. The Bertz CT molecular complexity index is 937. The Morgan fingerprint density at radius 2 is 1.84 bits per heavy atom. The highest BCUT2D eigenvalue weighted by Crippen LogP contribution is 2.55. The lowest BCUT2D eigenvalue weighted by Gasteiger charge is -2.53. The molecule has 3 saturated heterocycles. The zero-order valence-electron chi connectivity index (χ0n) is 18.7. The highest BCUT2D eigenvalue weighted by Gasteiger charge is 2.62. The number of carbonyl (C=O) groups is 1. The first kappa shape index (κ1) is 21.4. The largest absolute Gasteiger partial charge is 0.333 e. The van der Waals surface area contributed by atoms with Crippen LogP contribution in [0.25, 0.3) is 0 Å². The minimum absolute atomic E-state index is 0.00129. The third-order valence-corrected chi connectivity index (χ3v) is 10.5. The smallest absolute Gasteiger partial charge is 0.238 e. The number of hydrogen-bond acceptors (Lipinski definition) is 4. The molecule has 3 aliphatic heterocycles. The van der Waals surface area contributed by atoms with Gasteiger partial charge in [-0.2, -0.15) is 4.31 Å². The molecule has 4 aliphatic rings. The van der Waals surface area contributed by atoms with Crippen molar-refractivity contribution < 1.29 is 13.2 Å². The van der Waals surface area contributed by atoms with Gasteiger partial charge >= 0.3 is 0 Å². The minimum atomic E-state index is -3.32. The molecule has 0 N–H and O–H groups in total. The van der Waals surface area contributed by atoms with E-state index in [1.165, 1.54) is 16.3 Å². The maximum Gasteiger partial charge on any atom is 0.238 e. The van der Waals surface area contributed by atoms with Crippen LogP contribution in [0.5, 0.6) is 0 Å². The predicted molar refractivity (Wildman–Crippen MR) is 121 cm³/mol. The molecule has 0 aromatic heterocycles. The van der Waals surface area contributed by atoms with E-state index in [0.717, 1.165) is 32.1 Å². The van der Waals surface area contributed by atoms with Gasteiger partial charge in [-0.25, -0.2) is 8.42 Å². The van der Waals surface area contributed by atoms with Crippen LogP contribution in [-0.4, -0.2) is 78.5 Å². The topological polar surface area (TPSA) is 60.9 Å². The first-order chi connectivity index (χ1) is 14.8. The molecule has 0 unspecified atom stereocenters. The van der Waals surface area contributed by atoms with E-state index in [9.17, 15) is 13.2 Å². The van der Waals surface area contributed by atoms with Crippen LogP contribution in [0.1, 0.15) is 51.0 Å². The summed E-state index contributed by atoms with van der Waals surface area (Å²) in [5.74, 6) is 0.172. The number of nitrogens with zero attached hydrogens (tertiary/aromatic N) is 3. The van der Waals surface area contributed by atoms with Crippen molar-refractivity contribution >= 4 is 15.9 Å². The second kappa shape index (κ2) is 7.85. The van der Waals surface area contributed by atoms with Crippen molar-refractivity contribution in [1.82, 2.24) is 14.1 Å². The van der Waals surface area contributed by atoms with E-state index >= 15 is 0 Å². The summed E-state index contributed by atoms with van der Waals surface area (Å²) in [5.41, 5.74) is 1.34. The zero-order valence-corrected chi connectivity index (χ0v) is 19.6. The van der Waals surface area contributed by atoms with Crippen LogP contribution in [0, 0.1) is 5.41 Å². The van der Waals surface area contributed by atoms with Gasteiger partial charge in [0.15, 0.2) is 0 Å². The van der Waals surface area contributed by atoms with Crippen molar-refractivity contribution in [3.05, 3.63) is 35.9 Å². The molecule has 6 nitrogen and oxygen atoms in total. The second-order valence-corrected chi connectivity index (χ2v) is 12.4. The molecule has 3 heterocycles. The molecule has 5 atom stereocenters. The Balaban J connectivity index is 1.49. The maximum atomic E-state index is 13.8. The summed E-state index contributed by atoms with van der Waals surface area (Å²) < 4.78 is 26.6. The lowest BCUT2D eigenvalue weighted by molar-refractivity contribution is -0.145. The molecule has 31 heavy (non-hydrogen) atoms. The average molecular weight is 446 g/mol. The van der Waals surface area contributed by atoms with Crippen molar-refractivity contribution in [2.24, 2.45) is 5.41 Å². The molecule has 0 radical (unpaired) electrons. The first-order valence-electron chi connectivity index (χ1n) is 11.9. The van der Waals surface area contributed by atoms with Crippen LogP contribution in [0.3, 0.4) is 0 Å². The molecule has 170 valence electrons. The lowest BCUT2D eigenvalue weighted by atomic mass is 9.64. The fraction of sp³-hybridized carbons (Fsp3) is 0.708. The van der Waals surface area contributed by atoms with Crippen LogP contribution in [0.4, 0.5) is 0 Å². The van der Waals surface area contributed by atoms with Crippen molar-refractivity contribution in [2.45, 2.75) is 76.0 Å². The van der Waals surface area contributed by atoms with Crippen LogP contribution in [-0.2, 0) is 21.2 Å². The van der Waals surface area contributed by atoms with Gasteiger partial charge in [0, 0.05) is 30.1 Å². The Kier molecular flexibility index (Phi) is 5.42. The summed E-state index contributed by atoms with van der Waals surface area (Å²) in [6.07, 6.45) is 6.84. The summed E-state index contributed by atoms with van der Waals surface area (Å²) in [6.45, 7) is 2.84. The fourth-order valence-electron chi connectivity index (χ4n) is 7.13. The third kappa shape index (κ3) is 3.53. The monoisotopic (exact) mass is 445 g/mol. The van der Waals surface area contributed by atoms with Crippen LogP contribution in [0.15, 0.2) is 30.3 Å². The van der Waals surface area contributed by atoms with Gasteiger partial charge in [-0.1, -0.05) is 37.3 Å². The number of likely N-dealkylation sites (N-methyl/N-ethyl adjacent to an activating group) is 1. The van der Waals surface area contributed by atoms with Gasteiger partial charge in [0.05, 0.1) is 18.3 Å². The first-order valence-corrected chi connectivity index (χ1v) is 13.5. The summed E-state index contributed by atoms with van der Waals surface area (Å²) in [4.78, 5) is 18.5. The highest BCUT2D eigenvalue weighted by molar-refractivity contribution is 7.89. The molecule has 5 rings (SSSR count). The Morgan fingerprint density at radius 3 is 2.58 bits per heavy atom. The zero-order chi connectivity index (χ0) is 21.8. The lowest BCUT2D eigenvalue weighted by Crippen LogP contribution is -2.64. The number of amides is 1. The van der Waals surface area contributed by atoms with Crippen molar-refractivity contribution in [3.63, 3.8) is 0 Å².